The second-order valence-electron chi connectivity index (χ2n) is 7.65. The van der Waals surface area contributed by atoms with Crippen LogP contribution in [0.25, 0.3) is 0 Å². The lowest BCUT2D eigenvalue weighted by Gasteiger charge is -2.18. The molecule has 0 aromatic heterocycles. The normalized spacial score (nSPS) is 11.4. The van der Waals surface area contributed by atoms with Crippen LogP contribution in [0.3, 0.4) is 0 Å². The van der Waals surface area contributed by atoms with E-state index in [1.807, 2.05) is 12.1 Å². The number of nitrogens with one attached hydrogen (secondary N) is 2. The highest BCUT2D eigenvalue weighted by Gasteiger charge is 2.17. The molecule has 0 saturated carbocycles. The number of hydrogen-bond donors (Lipinski definition) is 5. The van der Waals surface area contributed by atoms with E-state index in [-0.39, 0.29) is 18.2 Å². The molecule has 35 heavy (non-hydrogen) atoms. The van der Waals surface area contributed by atoms with Gasteiger partial charge in [-0.15, -0.1) is 0 Å². The van der Waals surface area contributed by atoms with Gasteiger partial charge >= 0.3 is 5.97 Å². The summed E-state index contributed by atoms with van der Waals surface area (Å²) in [6.07, 6.45) is -0.629. The van der Waals surface area contributed by atoms with Gasteiger partial charge < -0.3 is 30.9 Å². The Hall–Kier alpha value is -3.79. The van der Waals surface area contributed by atoms with Gasteiger partial charge in [0.2, 0.25) is 0 Å². The molecular weight excluding hydrogens is 472 g/mol. The van der Waals surface area contributed by atoms with E-state index in [0.717, 1.165) is 5.56 Å². The molecule has 3 rings (SSSR count). The third-order valence-corrected chi connectivity index (χ3v) is 5.09. The molecule has 1 amide bonds. The third kappa shape index (κ3) is 7.35. The molecule has 0 heterocycles. The lowest BCUT2D eigenvalue weighted by atomic mass is 10.1. The van der Waals surface area contributed by atoms with E-state index in [0.29, 0.717) is 39.8 Å². The minimum atomic E-state index is -1.13. The van der Waals surface area contributed by atoms with Crippen molar-refractivity contribution < 1.29 is 24.2 Å². The summed E-state index contributed by atoms with van der Waals surface area (Å²) < 4.78 is 11.1. The first kappa shape index (κ1) is 25.8. The number of nitrogens with two attached hydrogens (primary N) is 2. The zero-order valence-corrected chi connectivity index (χ0v) is 19.8. The highest BCUT2D eigenvalue weighted by atomic mass is 35.5. The van der Waals surface area contributed by atoms with Gasteiger partial charge in [0.1, 0.15) is 6.23 Å². The van der Waals surface area contributed by atoms with Crippen LogP contribution in [0.15, 0.2) is 60.7 Å². The molecule has 1 atom stereocenters. The Morgan fingerprint density at radius 3 is 2.51 bits per heavy atom. The predicted octanol–water partition coefficient (Wildman–Crippen LogP) is 3.81. The number of para-hydroxylation sites is 1. The second kappa shape index (κ2) is 12.1. The summed E-state index contributed by atoms with van der Waals surface area (Å²) in [7, 11) is 0. The molecule has 184 valence electrons. The summed E-state index contributed by atoms with van der Waals surface area (Å²) in [5.74, 6) is -0.919. The van der Waals surface area contributed by atoms with E-state index in [1.54, 1.807) is 55.5 Å². The van der Waals surface area contributed by atoms with Crippen LogP contribution in [0.1, 0.15) is 28.4 Å². The van der Waals surface area contributed by atoms with Crippen LogP contribution < -0.4 is 31.6 Å². The van der Waals surface area contributed by atoms with Gasteiger partial charge in [0, 0.05) is 35.1 Å². The Bertz CT molecular complexity index is 1180. The highest BCUT2D eigenvalue weighted by molar-refractivity contribution is 6.31. The van der Waals surface area contributed by atoms with E-state index in [1.165, 1.54) is 0 Å². The SMILES string of the molecule is CC(N)Oc1cccc(CNc2ccc(Cl)cc2C(=O)Nc2ccc(CN)cc2)c1OCC(=O)O. The van der Waals surface area contributed by atoms with Gasteiger partial charge in [0.25, 0.3) is 5.91 Å². The molecule has 0 aliphatic rings. The number of ether oxygens (including phenoxy) is 2. The number of hydrogen-bond acceptors (Lipinski definition) is 7. The average molecular weight is 499 g/mol. The van der Waals surface area contributed by atoms with Gasteiger partial charge in [-0.1, -0.05) is 35.9 Å². The van der Waals surface area contributed by atoms with Gasteiger partial charge in [-0.05, 0) is 48.9 Å². The van der Waals surface area contributed by atoms with Gasteiger partial charge in [-0.3, -0.25) is 10.5 Å². The topological polar surface area (TPSA) is 149 Å². The second-order valence-corrected chi connectivity index (χ2v) is 8.08. The lowest BCUT2D eigenvalue weighted by molar-refractivity contribution is -0.139. The summed E-state index contributed by atoms with van der Waals surface area (Å²) >= 11 is 6.16. The number of benzene rings is 3. The van der Waals surface area contributed by atoms with Crippen LogP contribution in [0.2, 0.25) is 5.02 Å². The maximum atomic E-state index is 13.0. The molecule has 0 spiro atoms. The zero-order chi connectivity index (χ0) is 25.4. The molecule has 0 radical (unpaired) electrons. The summed E-state index contributed by atoms with van der Waals surface area (Å²) in [5, 5.41) is 15.5. The molecule has 9 nitrogen and oxygen atoms in total. The molecule has 7 N–H and O–H groups in total. The number of halogens is 1. The fourth-order valence-electron chi connectivity index (χ4n) is 3.26. The lowest BCUT2D eigenvalue weighted by Crippen LogP contribution is -2.23. The number of rotatable bonds is 11. The summed E-state index contributed by atoms with van der Waals surface area (Å²) in [6, 6.07) is 17.3. The first-order chi connectivity index (χ1) is 16.8. The molecule has 0 saturated heterocycles. The van der Waals surface area contributed by atoms with E-state index in [2.05, 4.69) is 10.6 Å². The first-order valence-electron chi connectivity index (χ1n) is 10.8. The molecule has 0 fully saturated rings. The van der Waals surface area contributed by atoms with Crippen molar-refractivity contribution >= 4 is 34.9 Å². The molecule has 3 aromatic carbocycles. The quantitative estimate of drug-likeness (QED) is 0.250. The highest BCUT2D eigenvalue weighted by Crippen LogP contribution is 2.33. The molecule has 3 aromatic rings. The number of amides is 1. The van der Waals surface area contributed by atoms with E-state index in [9.17, 15) is 9.59 Å². The maximum absolute atomic E-state index is 13.0. The Balaban J connectivity index is 1.83. The maximum Gasteiger partial charge on any atom is 0.341 e. The van der Waals surface area contributed by atoms with Crippen molar-refractivity contribution in [3.8, 4) is 11.5 Å². The van der Waals surface area contributed by atoms with E-state index < -0.39 is 18.8 Å². The average Bonchev–Trinajstić information content (AvgIpc) is 2.82. The summed E-state index contributed by atoms with van der Waals surface area (Å²) in [5.41, 5.74) is 14.4. The first-order valence-corrected chi connectivity index (χ1v) is 11.2. The molecule has 1 unspecified atom stereocenters. The van der Waals surface area contributed by atoms with Crippen LogP contribution in [0.5, 0.6) is 11.5 Å². The van der Waals surface area contributed by atoms with Crippen LogP contribution in [0.4, 0.5) is 11.4 Å². The monoisotopic (exact) mass is 498 g/mol. The van der Waals surface area contributed by atoms with Crippen molar-refractivity contribution in [1.82, 2.24) is 0 Å². The van der Waals surface area contributed by atoms with Crippen molar-refractivity contribution in [2.24, 2.45) is 11.5 Å². The number of carbonyl (C=O) groups excluding carboxylic acids is 1. The van der Waals surface area contributed by atoms with E-state index in [4.69, 9.17) is 37.6 Å². The van der Waals surface area contributed by atoms with Gasteiger partial charge in [-0.2, -0.15) is 0 Å². The van der Waals surface area contributed by atoms with Gasteiger partial charge in [0.05, 0.1) is 5.56 Å². The van der Waals surface area contributed by atoms with Crippen LogP contribution >= 0.6 is 11.6 Å². The number of carbonyl (C=O) groups is 2. The molecule has 10 heteroatoms. The van der Waals surface area contributed by atoms with Crippen LogP contribution in [-0.2, 0) is 17.9 Å². The Morgan fingerprint density at radius 2 is 1.86 bits per heavy atom. The summed E-state index contributed by atoms with van der Waals surface area (Å²) in [6.45, 7) is 1.71. The predicted molar refractivity (Wildman–Crippen MR) is 135 cm³/mol. The zero-order valence-electron chi connectivity index (χ0n) is 19.1. The van der Waals surface area contributed by atoms with Gasteiger partial charge in [0.15, 0.2) is 18.1 Å². The van der Waals surface area contributed by atoms with Crippen molar-refractivity contribution in [3.05, 3.63) is 82.4 Å². The summed E-state index contributed by atoms with van der Waals surface area (Å²) in [4.78, 5) is 24.1. The third-order valence-electron chi connectivity index (χ3n) is 4.86. The standard InChI is InChI=1S/C25H27ClN4O5/c1-15(28)35-22-4-2-3-17(24(22)34-14-23(31)32)13-29-21-10-7-18(26)11-20(21)25(33)30-19-8-5-16(12-27)6-9-19/h2-11,15,29H,12-14,27-28H2,1H3,(H,30,33)(H,31,32). The van der Waals surface area contributed by atoms with Crippen molar-refractivity contribution in [2.75, 3.05) is 17.2 Å². The van der Waals surface area contributed by atoms with Crippen molar-refractivity contribution in [2.45, 2.75) is 26.2 Å². The number of anilines is 2. The number of carboxylic acid groups (broad SMARTS) is 1. The van der Waals surface area contributed by atoms with Crippen LogP contribution in [-0.4, -0.2) is 29.8 Å². The van der Waals surface area contributed by atoms with Gasteiger partial charge in [-0.25, -0.2) is 4.79 Å². The number of aliphatic carboxylic acids is 1. The minimum absolute atomic E-state index is 0.207. The largest absolute Gasteiger partial charge is 0.479 e. The number of carboxylic acids is 1. The van der Waals surface area contributed by atoms with Crippen molar-refractivity contribution in [1.29, 1.82) is 0 Å². The minimum Gasteiger partial charge on any atom is -0.479 e. The van der Waals surface area contributed by atoms with Crippen LogP contribution in [0, 0.1) is 0 Å². The fourth-order valence-corrected chi connectivity index (χ4v) is 3.43. The smallest absolute Gasteiger partial charge is 0.341 e. The van der Waals surface area contributed by atoms with Crippen molar-refractivity contribution in [3.63, 3.8) is 0 Å². The Kier molecular flexibility index (Phi) is 8.91. The Labute approximate surface area is 208 Å². The molecule has 0 aliphatic carbocycles. The fraction of sp³-hybridized carbons (Fsp3) is 0.200. The Morgan fingerprint density at radius 1 is 1.11 bits per heavy atom. The molecule has 0 aliphatic heterocycles. The molecule has 0 bridgehead atoms. The molecular formula is C25H27ClN4O5. The van der Waals surface area contributed by atoms with E-state index >= 15 is 0 Å².